The lowest BCUT2D eigenvalue weighted by atomic mass is 10.2. The maximum atomic E-state index is 12.3. The van der Waals surface area contributed by atoms with Gasteiger partial charge >= 0.3 is 0 Å². The second-order valence-electron chi connectivity index (χ2n) is 4.91. The van der Waals surface area contributed by atoms with E-state index in [1.807, 2.05) is 12.1 Å². The Kier molecular flexibility index (Phi) is 4.98. The van der Waals surface area contributed by atoms with E-state index in [0.29, 0.717) is 18.8 Å². The molecule has 0 spiro atoms. The summed E-state index contributed by atoms with van der Waals surface area (Å²) in [5.41, 5.74) is 7.25. The highest BCUT2D eigenvalue weighted by molar-refractivity contribution is 7.87. The van der Waals surface area contributed by atoms with Gasteiger partial charge in [-0.25, -0.2) is 0 Å². The van der Waals surface area contributed by atoms with E-state index in [-0.39, 0.29) is 12.6 Å². The zero-order valence-electron chi connectivity index (χ0n) is 11.6. The lowest BCUT2D eigenvalue weighted by Crippen LogP contribution is -2.42. The molecular weight excluding hydrogens is 278 g/mol. The minimum Gasteiger partial charge on any atom is -0.399 e. The van der Waals surface area contributed by atoms with Crippen molar-refractivity contribution in [3.05, 3.63) is 29.8 Å². The number of nitrogens with one attached hydrogen (secondary N) is 1. The number of rotatable bonds is 8. The number of nitrogen functional groups attached to an aromatic ring is 1. The molecule has 2 rings (SSSR count). The van der Waals surface area contributed by atoms with Crippen LogP contribution >= 0.6 is 0 Å². The Bertz CT molecular complexity index is 526. The molecule has 1 aromatic carbocycles. The van der Waals surface area contributed by atoms with Gasteiger partial charge in [0.25, 0.3) is 10.2 Å². The van der Waals surface area contributed by atoms with Crippen LogP contribution in [0.4, 0.5) is 5.69 Å². The van der Waals surface area contributed by atoms with Crippen molar-refractivity contribution in [1.82, 2.24) is 9.03 Å². The zero-order valence-corrected chi connectivity index (χ0v) is 12.4. The van der Waals surface area contributed by atoms with Crippen molar-refractivity contribution in [3.8, 4) is 0 Å². The fraction of sp³-hybridized carbons (Fsp3) is 0.538. The molecule has 7 heteroatoms. The number of hydrogen-bond acceptors (Lipinski definition) is 4. The molecule has 112 valence electrons. The van der Waals surface area contributed by atoms with Gasteiger partial charge in [-0.1, -0.05) is 12.1 Å². The van der Waals surface area contributed by atoms with Crippen LogP contribution in [0.1, 0.15) is 18.4 Å². The molecule has 0 atom stereocenters. The van der Waals surface area contributed by atoms with Crippen LogP contribution in [0.5, 0.6) is 0 Å². The van der Waals surface area contributed by atoms with Gasteiger partial charge in [0.05, 0.1) is 6.61 Å². The van der Waals surface area contributed by atoms with Crippen LogP contribution in [0, 0.1) is 0 Å². The molecule has 0 saturated heterocycles. The van der Waals surface area contributed by atoms with Crippen LogP contribution in [0.25, 0.3) is 0 Å². The van der Waals surface area contributed by atoms with Crippen molar-refractivity contribution in [2.45, 2.75) is 25.4 Å². The molecule has 6 nitrogen and oxygen atoms in total. The van der Waals surface area contributed by atoms with Gasteiger partial charge in [-0.15, -0.1) is 0 Å². The Morgan fingerprint density at radius 2 is 2.00 bits per heavy atom. The maximum Gasteiger partial charge on any atom is 0.280 e. The average molecular weight is 299 g/mol. The van der Waals surface area contributed by atoms with Crippen molar-refractivity contribution < 1.29 is 13.2 Å². The first-order valence-electron chi connectivity index (χ1n) is 6.63. The molecule has 1 fully saturated rings. The van der Waals surface area contributed by atoms with Crippen molar-refractivity contribution in [2.24, 2.45) is 0 Å². The molecule has 0 radical (unpaired) electrons. The largest absolute Gasteiger partial charge is 0.399 e. The Hall–Kier alpha value is -1.15. The fourth-order valence-corrected chi connectivity index (χ4v) is 3.36. The zero-order chi connectivity index (χ0) is 14.6. The van der Waals surface area contributed by atoms with Crippen molar-refractivity contribution in [2.75, 3.05) is 26.0 Å². The summed E-state index contributed by atoms with van der Waals surface area (Å²) < 4.78 is 33.5. The minimum absolute atomic E-state index is 0.104. The molecule has 0 aliphatic heterocycles. The van der Waals surface area contributed by atoms with Crippen LogP contribution in [0.2, 0.25) is 0 Å². The van der Waals surface area contributed by atoms with E-state index in [2.05, 4.69) is 4.72 Å². The number of ether oxygens (including phenoxy) is 1. The molecule has 0 heterocycles. The number of nitrogens with two attached hydrogens (primary N) is 1. The maximum absolute atomic E-state index is 12.3. The number of anilines is 1. The summed E-state index contributed by atoms with van der Waals surface area (Å²) in [4.78, 5) is 0. The van der Waals surface area contributed by atoms with Gasteiger partial charge in [-0.2, -0.15) is 17.4 Å². The summed E-state index contributed by atoms with van der Waals surface area (Å²) in [7, 11) is -1.92. The summed E-state index contributed by atoms with van der Waals surface area (Å²) in [6.07, 6.45) is 1.83. The monoisotopic (exact) mass is 299 g/mol. The molecule has 0 unspecified atom stereocenters. The normalized spacial score (nSPS) is 15.7. The molecule has 0 amide bonds. The molecule has 1 aliphatic rings. The summed E-state index contributed by atoms with van der Waals surface area (Å²) in [5, 5.41) is 0. The average Bonchev–Trinajstić information content (AvgIpc) is 3.22. The summed E-state index contributed by atoms with van der Waals surface area (Å²) in [6.45, 7) is 1.01. The molecule has 1 aromatic rings. The minimum atomic E-state index is -3.47. The quantitative estimate of drug-likeness (QED) is 0.547. The molecule has 20 heavy (non-hydrogen) atoms. The molecule has 1 aliphatic carbocycles. The van der Waals surface area contributed by atoms with E-state index in [9.17, 15) is 8.42 Å². The Balaban J connectivity index is 2.05. The first kappa shape index (κ1) is 15.2. The highest BCUT2D eigenvalue weighted by atomic mass is 32.2. The SMILES string of the molecule is COCCNS(=O)(=O)N(Cc1ccc(N)cc1)C1CC1. The van der Waals surface area contributed by atoms with E-state index in [1.54, 1.807) is 19.2 Å². The van der Waals surface area contributed by atoms with Crippen molar-refractivity contribution >= 4 is 15.9 Å². The summed E-state index contributed by atoms with van der Waals surface area (Å²) in [6, 6.07) is 7.38. The highest BCUT2D eigenvalue weighted by Crippen LogP contribution is 2.30. The van der Waals surface area contributed by atoms with Crippen LogP contribution in [0.15, 0.2) is 24.3 Å². The van der Waals surface area contributed by atoms with Gasteiger partial charge < -0.3 is 10.5 Å². The van der Waals surface area contributed by atoms with E-state index >= 15 is 0 Å². The van der Waals surface area contributed by atoms with Gasteiger partial charge in [-0.3, -0.25) is 0 Å². The van der Waals surface area contributed by atoms with Gasteiger partial charge in [-0.05, 0) is 30.5 Å². The second-order valence-corrected chi connectivity index (χ2v) is 6.62. The Labute approximate surface area is 120 Å². The van der Waals surface area contributed by atoms with Crippen LogP contribution in [0.3, 0.4) is 0 Å². The predicted molar refractivity (Wildman–Crippen MR) is 78.2 cm³/mol. The van der Waals surface area contributed by atoms with Gasteiger partial charge in [0.1, 0.15) is 0 Å². The smallest absolute Gasteiger partial charge is 0.280 e. The third kappa shape index (κ3) is 4.17. The van der Waals surface area contributed by atoms with Crippen LogP contribution in [-0.2, 0) is 21.5 Å². The molecule has 0 bridgehead atoms. The number of methoxy groups -OCH3 is 1. The van der Waals surface area contributed by atoms with Crippen molar-refractivity contribution in [1.29, 1.82) is 0 Å². The highest BCUT2D eigenvalue weighted by Gasteiger charge is 2.36. The van der Waals surface area contributed by atoms with Gasteiger partial charge in [0.2, 0.25) is 0 Å². The lowest BCUT2D eigenvalue weighted by Gasteiger charge is -2.22. The molecule has 3 N–H and O–H groups in total. The van der Waals surface area contributed by atoms with Gasteiger partial charge in [0, 0.05) is 31.9 Å². The van der Waals surface area contributed by atoms with E-state index in [0.717, 1.165) is 18.4 Å². The standard InChI is InChI=1S/C13H21N3O3S/c1-19-9-8-15-20(17,18)16(13-6-7-13)10-11-2-4-12(14)5-3-11/h2-5,13,15H,6-10,14H2,1H3. The van der Waals surface area contributed by atoms with Gasteiger partial charge in [0.15, 0.2) is 0 Å². The van der Waals surface area contributed by atoms with Crippen LogP contribution in [-0.4, -0.2) is 39.0 Å². The first-order valence-corrected chi connectivity index (χ1v) is 8.07. The lowest BCUT2D eigenvalue weighted by molar-refractivity contribution is 0.203. The molecule has 1 saturated carbocycles. The number of nitrogens with zero attached hydrogens (tertiary/aromatic N) is 1. The molecule has 0 aromatic heterocycles. The Morgan fingerprint density at radius 1 is 1.35 bits per heavy atom. The summed E-state index contributed by atoms with van der Waals surface area (Å²) >= 11 is 0. The van der Waals surface area contributed by atoms with Crippen molar-refractivity contribution in [3.63, 3.8) is 0 Å². The van der Waals surface area contributed by atoms with E-state index < -0.39 is 10.2 Å². The number of hydrogen-bond donors (Lipinski definition) is 2. The first-order chi connectivity index (χ1) is 9.53. The van der Waals surface area contributed by atoms with E-state index in [4.69, 9.17) is 10.5 Å². The third-order valence-electron chi connectivity index (χ3n) is 3.17. The topological polar surface area (TPSA) is 84.7 Å². The third-order valence-corrected chi connectivity index (χ3v) is 4.79. The number of benzene rings is 1. The summed E-state index contributed by atoms with van der Waals surface area (Å²) in [5.74, 6) is 0. The predicted octanol–water partition coefficient (Wildman–Crippen LogP) is 0.714. The van der Waals surface area contributed by atoms with Crippen LogP contribution < -0.4 is 10.5 Å². The van der Waals surface area contributed by atoms with E-state index in [1.165, 1.54) is 4.31 Å². The fourth-order valence-electron chi connectivity index (χ4n) is 1.93. The molecular formula is C13H21N3O3S. The second kappa shape index (κ2) is 6.53. The Morgan fingerprint density at radius 3 is 2.55 bits per heavy atom.